The van der Waals surface area contributed by atoms with Crippen LogP contribution in [0.5, 0.6) is 0 Å². The van der Waals surface area contributed by atoms with Crippen LogP contribution in [-0.4, -0.2) is 72.4 Å². The van der Waals surface area contributed by atoms with Crippen molar-refractivity contribution >= 4 is 26.6 Å². The fourth-order valence-electron chi connectivity index (χ4n) is 4.72. The number of fused-ring (bicyclic) bond motifs is 2. The van der Waals surface area contributed by atoms with Gasteiger partial charge in [-0.2, -0.15) is 0 Å². The van der Waals surface area contributed by atoms with Crippen molar-refractivity contribution in [3.05, 3.63) is 35.0 Å². The summed E-state index contributed by atoms with van der Waals surface area (Å²) in [6.07, 6.45) is 0. The van der Waals surface area contributed by atoms with Gasteiger partial charge in [0.1, 0.15) is 5.69 Å². The third-order valence-corrected chi connectivity index (χ3v) is 7.78. The Morgan fingerprint density at radius 1 is 1.08 bits per heavy atom. The van der Waals surface area contributed by atoms with Gasteiger partial charge in [-0.1, -0.05) is 18.2 Å². The van der Waals surface area contributed by atoms with Crippen molar-refractivity contribution in [3.8, 4) is 0 Å². The maximum Gasteiger partial charge on any atom is 0.271 e. The predicted molar refractivity (Wildman–Crippen MR) is 102 cm³/mol. The van der Waals surface area contributed by atoms with Gasteiger partial charge in [-0.25, -0.2) is 8.42 Å². The molecule has 140 valence electrons. The lowest BCUT2D eigenvalue weighted by Crippen LogP contribution is -2.59. The maximum atomic E-state index is 13.5. The average Bonchev–Trinajstić information content (AvgIpc) is 3.03. The van der Waals surface area contributed by atoms with Gasteiger partial charge < -0.3 is 9.47 Å². The lowest BCUT2D eigenvalue weighted by Gasteiger charge is -2.42. The molecule has 2 atom stereocenters. The molecule has 0 unspecified atom stereocenters. The van der Waals surface area contributed by atoms with Crippen LogP contribution in [0.15, 0.2) is 18.2 Å². The molecule has 0 spiro atoms. The summed E-state index contributed by atoms with van der Waals surface area (Å²) in [5.41, 5.74) is 3.83. The summed E-state index contributed by atoms with van der Waals surface area (Å²) in [7, 11) is 0.771. The topological polar surface area (TPSA) is 62.6 Å². The van der Waals surface area contributed by atoms with Crippen LogP contribution in [0.25, 0.3) is 10.9 Å². The number of carbonyl (C=O) groups excluding carboxylic acids is 1. The fraction of sp³-hybridized carbons (Fsp3) is 0.526. The van der Waals surface area contributed by atoms with Crippen molar-refractivity contribution in [1.82, 2.24) is 14.4 Å². The van der Waals surface area contributed by atoms with Crippen LogP contribution in [0.2, 0.25) is 0 Å². The summed E-state index contributed by atoms with van der Waals surface area (Å²) in [6.45, 7) is 5.29. The van der Waals surface area contributed by atoms with Crippen LogP contribution >= 0.6 is 0 Å². The van der Waals surface area contributed by atoms with Crippen molar-refractivity contribution in [2.24, 2.45) is 7.05 Å². The van der Waals surface area contributed by atoms with Crippen LogP contribution in [0.4, 0.5) is 0 Å². The highest BCUT2D eigenvalue weighted by atomic mass is 32.2. The minimum absolute atomic E-state index is 0.0548. The Morgan fingerprint density at radius 2 is 1.77 bits per heavy atom. The Bertz CT molecular complexity index is 1010. The molecule has 26 heavy (non-hydrogen) atoms. The van der Waals surface area contributed by atoms with Crippen molar-refractivity contribution in [2.75, 3.05) is 31.6 Å². The van der Waals surface area contributed by atoms with Gasteiger partial charge in [-0.3, -0.25) is 9.69 Å². The highest BCUT2D eigenvalue weighted by Crippen LogP contribution is 2.31. The Labute approximate surface area is 154 Å². The lowest BCUT2D eigenvalue weighted by atomic mass is 10.0. The van der Waals surface area contributed by atoms with E-state index < -0.39 is 9.84 Å². The van der Waals surface area contributed by atoms with Gasteiger partial charge >= 0.3 is 0 Å². The van der Waals surface area contributed by atoms with Crippen molar-refractivity contribution in [1.29, 1.82) is 0 Å². The number of benzene rings is 1. The van der Waals surface area contributed by atoms with Crippen molar-refractivity contribution < 1.29 is 13.2 Å². The lowest BCUT2D eigenvalue weighted by molar-refractivity contribution is 0.0401. The first-order valence-corrected chi connectivity index (χ1v) is 10.8. The maximum absolute atomic E-state index is 13.5. The van der Waals surface area contributed by atoms with E-state index in [1.807, 2.05) is 50.7 Å². The van der Waals surface area contributed by atoms with Gasteiger partial charge in [0.25, 0.3) is 5.91 Å². The Kier molecular flexibility index (Phi) is 3.93. The monoisotopic (exact) mass is 375 g/mol. The normalized spacial score (nSPS) is 25.6. The molecule has 1 aromatic heterocycles. The number of amides is 1. The van der Waals surface area contributed by atoms with E-state index in [1.54, 1.807) is 4.90 Å². The molecule has 2 saturated heterocycles. The van der Waals surface area contributed by atoms with Gasteiger partial charge in [-0.15, -0.1) is 0 Å². The van der Waals surface area contributed by atoms with Gasteiger partial charge in [-0.05, 0) is 32.0 Å². The van der Waals surface area contributed by atoms with Crippen LogP contribution in [0.3, 0.4) is 0 Å². The highest BCUT2D eigenvalue weighted by Gasteiger charge is 2.47. The number of hydrogen-bond acceptors (Lipinski definition) is 4. The van der Waals surface area contributed by atoms with E-state index in [0.29, 0.717) is 18.8 Å². The molecular formula is C19H25N3O3S. The highest BCUT2D eigenvalue weighted by molar-refractivity contribution is 7.91. The second-order valence-electron chi connectivity index (χ2n) is 7.69. The molecular weight excluding hydrogens is 350 g/mol. The summed E-state index contributed by atoms with van der Waals surface area (Å²) in [4.78, 5) is 17.4. The molecule has 1 aromatic carbocycles. The van der Waals surface area contributed by atoms with Gasteiger partial charge in [0.05, 0.1) is 23.1 Å². The van der Waals surface area contributed by atoms with Crippen LogP contribution in [0.1, 0.15) is 21.6 Å². The number of para-hydroxylation sites is 1. The minimum atomic E-state index is -3.10. The fourth-order valence-corrected chi connectivity index (χ4v) is 6.77. The van der Waals surface area contributed by atoms with E-state index in [4.69, 9.17) is 0 Å². The molecule has 7 heteroatoms. The summed E-state index contributed by atoms with van der Waals surface area (Å²) >= 11 is 0. The molecule has 0 aliphatic carbocycles. The number of piperazine rings is 1. The first kappa shape index (κ1) is 17.5. The number of likely N-dealkylation sites (N-methyl/N-ethyl adjacent to an activating group) is 1. The molecule has 6 nitrogen and oxygen atoms in total. The number of carbonyl (C=O) groups is 1. The second kappa shape index (κ2) is 5.82. The average molecular weight is 375 g/mol. The van der Waals surface area contributed by atoms with E-state index in [1.165, 1.54) is 0 Å². The Balaban J connectivity index is 1.79. The SMILES string of the molecule is Cc1c(C(=O)N2CCN(C)[C@H]3CS(=O)(=O)C[C@H]32)n(C)c2c(C)cccc12. The molecule has 2 aliphatic rings. The second-order valence-corrected chi connectivity index (χ2v) is 9.85. The van der Waals surface area contributed by atoms with E-state index in [0.717, 1.165) is 22.0 Å². The number of rotatable bonds is 1. The number of aromatic nitrogens is 1. The molecule has 2 fully saturated rings. The standard InChI is InChI=1S/C19H25N3O3S/c1-12-6-5-7-14-13(2)18(21(4)17(12)14)19(23)22-9-8-20(3)15-10-26(24,25)11-16(15)22/h5-7,15-16H,8-11H2,1-4H3/t15-,16+/m0/s1. The molecule has 0 bridgehead atoms. The molecule has 2 aromatic rings. The van der Waals surface area contributed by atoms with E-state index in [2.05, 4.69) is 4.90 Å². The summed E-state index contributed by atoms with van der Waals surface area (Å²) in [5.74, 6) is 0.154. The first-order chi connectivity index (χ1) is 12.2. The number of hydrogen-bond donors (Lipinski definition) is 0. The molecule has 0 radical (unpaired) electrons. The van der Waals surface area contributed by atoms with Crippen molar-refractivity contribution in [3.63, 3.8) is 0 Å². The van der Waals surface area contributed by atoms with Gasteiger partial charge in [0.2, 0.25) is 0 Å². The smallest absolute Gasteiger partial charge is 0.271 e. The minimum Gasteiger partial charge on any atom is -0.339 e. The first-order valence-electron chi connectivity index (χ1n) is 8.97. The van der Waals surface area contributed by atoms with Crippen LogP contribution in [-0.2, 0) is 16.9 Å². The number of nitrogens with zero attached hydrogens (tertiary/aromatic N) is 3. The molecule has 4 rings (SSSR count). The molecule has 0 saturated carbocycles. The molecule has 2 aliphatic heterocycles. The molecule has 1 amide bonds. The largest absolute Gasteiger partial charge is 0.339 e. The third-order valence-electron chi connectivity index (χ3n) is 6.08. The third kappa shape index (κ3) is 2.48. The van der Waals surface area contributed by atoms with Crippen molar-refractivity contribution in [2.45, 2.75) is 25.9 Å². The van der Waals surface area contributed by atoms with Gasteiger partial charge in [0, 0.05) is 31.6 Å². The van der Waals surface area contributed by atoms with E-state index in [-0.39, 0.29) is 29.5 Å². The summed E-state index contributed by atoms with van der Waals surface area (Å²) in [5, 5.41) is 1.08. The zero-order valence-corrected chi connectivity index (χ0v) is 16.5. The Morgan fingerprint density at radius 3 is 2.46 bits per heavy atom. The zero-order chi connectivity index (χ0) is 18.8. The number of aryl methyl sites for hydroxylation is 3. The van der Waals surface area contributed by atoms with E-state index in [9.17, 15) is 13.2 Å². The Hall–Kier alpha value is -1.86. The zero-order valence-electron chi connectivity index (χ0n) is 15.7. The quantitative estimate of drug-likeness (QED) is 0.755. The summed E-state index contributed by atoms with van der Waals surface area (Å²) < 4.78 is 26.4. The predicted octanol–water partition coefficient (Wildman–Crippen LogP) is 1.35. The van der Waals surface area contributed by atoms with Crippen LogP contribution in [0, 0.1) is 13.8 Å². The number of sulfone groups is 1. The van der Waals surface area contributed by atoms with E-state index >= 15 is 0 Å². The van der Waals surface area contributed by atoms with Crippen LogP contribution < -0.4 is 0 Å². The summed E-state index contributed by atoms with van der Waals surface area (Å²) in [6, 6.07) is 5.74. The molecule has 0 N–H and O–H groups in total. The van der Waals surface area contributed by atoms with Gasteiger partial charge in [0.15, 0.2) is 9.84 Å². The molecule has 3 heterocycles.